The Hall–Kier alpha value is -1.87. The van der Waals surface area contributed by atoms with Crippen molar-refractivity contribution in [3.05, 3.63) is 64.7 Å². The van der Waals surface area contributed by atoms with Crippen LogP contribution in [0.15, 0.2) is 42.5 Å². The van der Waals surface area contributed by atoms with Crippen LogP contribution in [0.3, 0.4) is 0 Å². The van der Waals surface area contributed by atoms with Crippen molar-refractivity contribution in [2.24, 2.45) is 5.73 Å². The maximum absolute atomic E-state index is 5.78. The lowest BCUT2D eigenvalue weighted by Crippen LogP contribution is -2.10. The summed E-state index contributed by atoms with van der Waals surface area (Å²) in [6, 6.07) is 14.3. The van der Waals surface area contributed by atoms with Gasteiger partial charge in [0, 0.05) is 6.42 Å². The minimum Gasteiger partial charge on any atom is -0.489 e. The number of hydrogen-bond donors (Lipinski definition) is 1. The first-order valence-electron chi connectivity index (χ1n) is 6.61. The molecule has 2 aromatic carbocycles. The number of aryl methyl sites for hydroxylation is 2. The maximum Gasteiger partial charge on any atom is 0.119 e. The molecule has 2 N–H and O–H groups in total. The van der Waals surface area contributed by atoms with Crippen molar-refractivity contribution in [3.8, 4) is 5.75 Å². The van der Waals surface area contributed by atoms with Gasteiger partial charge < -0.3 is 10.5 Å². The Balaban J connectivity index is 1.96. The molecule has 0 fully saturated rings. The highest BCUT2D eigenvalue weighted by Crippen LogP contribution is 2.16. The lowest BCUT2D eigenvalue weighted by molar-refractivity contribution is 0.306. The summed E-state index contributed by atoms with van der Waals surface area (Å²) in [6.07, 6.45) is 0.632. The summed E-state index contributed by atoms with van der Waals surface area (Å²) in [6.45, 7) is 4.81. The molecule has 0 aliphatic heterocycles. The maximum atomic E-state index is 5.78. The van der Waals surface area contributed by atoms with E-state index in [9.17, 15) is 0 Å². The summed E-state index contributed by atoms with van der Waals surface area (Å²) in [5, 5.41) is 0. The number of hydrogen-bond acceptors (Lipinski definition) is 2. The first kappa shape index (κ1) is 14.5. The molecule has 0 spiro atoms. The predicted molar refractivity (Wildman–Crippen MR) is 87.2 cm³/mol. The second-order valence-electron chi connectivity index (χ2n) is 4.99. The lowest BCUT2D eigenvalue weighted by Gasteiger charge is -2.09. The van der Waals surface area contributed by atoms with Crippen molar-refractivity contribution in [3.63, 3.8) is 0 Å². The van der Waals surface area contributed by atoms with Crippen LogP contribution in [0.2, 0.25) is 0 Å². The van der Waals surface area contributed by atoms with E-state index in [2.05, 4.69) is 32.0 Å². The third kappa shape index (κ3) is 4.07. The fourth-order valence-corrected chi connectivity index (χ4v) is 2.13. The van der Waals surface area contributed by atoms with E-state index in [1.54, 1.807) is 0 Å². The fourth-order valence-electron chi connectivity index (χ4n) is 1.96. The lowest BCUT2D eigenvalue weighted by atomic mass is 10.1. The number of thiocarbonyl (C=S) groups is 1. The van der Waals surface area contributed by atoms with Crippen LogP contribution in [0.1, 0.15) is 22.3 Å². The average molecular weight is 285 g/mol. The molecule has 0 radical (unpaired) electrons. The zero-order chi connectivity index (χ0) is 14.5. The molecule has 0 atom stereocenters. The number of ether oxygens (including phenoxy) is 1. The van der Waals surface area contributed by atoms with Gasteiger partial charge in [-0.2, -0.15) is 0 Å². The van der Waals surface area contributed by atoms with Crippen molar-refractivity contribution in [1.29, 1.82) is 0 Å². The van der Waals surface area contributed by atoms with Gasteiger partial charge in [-0.3, -0.25) is 0 Å². The normalized spacial score (nSPS) is 10.3. The van der Waals surface area contributed by atoms with E-state index in [1.165, 1.54) is 16.7 Å². The van der Waals surface area contributed by atoms with E-state index in [-0.39, 0.29) is 0 Å². The second kappa shape index (κ2) is 6.53. The molecule has 0 saturated carbocycles. The van der Waals surface area contributed by atoms with Gasteiger partial charge in [-0.25, -0.2) is 0 Å². The highest BCUT2D eigenvalue weighted by atomic mass is 32.1. The van der Waals surface area contributed by atoms with Crippen LogP contribution in [-0.4, -0.2) is 4.99 Å². The molecule has 2 rings (SSSR count). The Morgan fingerprint density at radius 3 is 2.25 bits per heavy atom. The molecule has 0 heterocycles. The van der Waals surface area contributed by atoms with Crippen LogP contribution in [0.25, 0.3) is 0 Å². The molecule has 0 unspecified atom stereocenters. The Morgan fingerprint density at radius 1 is 1.00 bits per heavy atom. The quantitative estimate of drug-likeness (QED) is 0.851. The molecular weight excluding hydrogens is 266 g/mol. The van der Waals surface area contributed by atoms with Gasteiger partial charge in [-0.05, 0) is 48.2 Å². The van der Waals surface area contributed by atoms with Crippen molar-refractivity contribution < 1.29 is 4.74 Å². The fraction of sp³-hybridized carbons (Fsp3) is 0.235. The van der Waals surface area contributed by atoms with Crippen molar-refractivity contribution in [1.82, 2.24) is 0 Å². The van der Waals surface area contributed by atoms with Gasteiger partial charge in [-0.15, -0.1) is 0 Å². The summed E-state index contributed by atoms with van der Waals surface area (Å²) in [7, 11) is 0. The Bertz CT molecular complexity index is 605. The summed E-state index contributed by atoms with van der Waals surface area (Å²) in [5.74, 6) is 0.856. The average Bonchev–Trinajstić information content (AvgIpc) is 2.41. The smallest absolute Gasteiger partial charge is 0.119 e. The highest BCUT2D eigenvalue weighted by molar-refractivity contribution is 7.80. The molecule has 3 heteroatoms. The van der Waals surface area contributed by atoms with Gasteiger partial charge in [0.05, 0.1) is 4.99 Å². The first-order chi connectivity index (χ1) is 9.54. The van der Waals surface area contributed by atoms with Crippen LogP contribution < -0.4 is 10.5 Å². The third-order valence-electron chi connectivity index (χ3n) is 3.28. The molecule has 2 aromatic rings. The minimum absolute atomic E-state index is 0.508. The van der Waals surface area contributed by atoms with Crippen LogP contribution in [0.5, 0.6) is 5.75 Å². The minimum atomic E-state index is 0.508. The van der Waals surface area contributed by atoms with Crippen LogP contribution in [0, 0.1) is 13.8 Å². The predicted octanol–water partition coefficient (Wildman–Crippen LogP) is 3.71. The van der Waals surface area contributed by atoms with E-state index < -0.39 is 0 Å². The van der Waals surface area contributed by atoms with Gasteiger partial charge in [0.25, 0.3) is 0 Å². The Kier molecular flexibility index (Phi) is 4.74. The topological polar surface area (TPSA) is 35.2 Å². The third-order valence-corrected chi connectivity index (χ3v) is 3.42. The Morgan fingerprint density at radius 2 is 1.65 bits per heavy atom. The van der Waals surface area contributed by atoms with E-state index in [4.69, 9.17) is 22.7 Å². The molecule has 0 aromatic heterocycles. The van der Waals surface area contributed by atoms with E-state index in [1.807, 2.05) is 24.3 Å². The number of benzene rings is 2. The molecule has 0 saturated heterocycles. The second-order valence-corrected chi connectivity index (χ2v) is 5.52. The zero-order valence-electron chi connectivity index (χ0n) is 11.8. The number of nitrogens with two attached hydrogens (primary N) is 1. The molecule has 0 aliphatic rings. The summed E-state index contributed by atoms with van der Waals surface area (Å²) in [5.41, 5.74) is 10.4. The number of rotatable bonds is 5. The van der Waals surface area contributed by atoms with Crippen molar-refractivity contribution in [2.75, 3.05) is 0 Å². The van der Waals surface area contributed by atoms with Gasteiger partial charge in [-0.1, -0.05) is 42.5 Å². The monoisotopic (exact) mass is 285 g/mol. The van der Waals surface area contributed by atoms with Gasteiger partial charge in [0.1, 0.15) is 12.4 Å². The zero-order valence-corrected chi connectivity index (χ0v) is 12.7. The first-order valence-corrected chi connectivity index (χ1v) is 7.01. The van der Waals surface area contributed by atoms with Crippen LogP contribution >= 0.6 is 12.2 Å². The van der Waals surface area contributed by atoms with E-state index >= 15 is 0 Å². The van der Waals surface area contributed by atoms with Crippen LogP contribution in [0.4, 0.5) is 0 Å². The van der Waals surface area contributed by atoms with E-state index in [0.29, 0.717) is 18.0 Å². The van der Waals surface area contributed by atoms with E-state index in [0.717, 1.165) is 11.3 Å². The molecule has 0 amide bonds. The standard InChI is InChI=1S/C17H19NOS/c1-12-3-4-15(9-13(12)2)11-19-16-7-5-14(6-8-16)10-17(18)20/h3-9H,10-11H2,1-2H3,(H2,18,20). The summed E-state index contributed by atoms with van der Waals surface area (Å²) < 4.78 is 5.78. The molecule has 20 heavy (non-hydrogen) atoms. The Labute approximate surface area is 125 Å². The van der Waals surface area contributed by atoms with Gasteiger partial charge >= 0.3 is 0 Å². The SMILES string of the molecule is Cc1ccc(COc2ccc(CC(N)=S)cc2)cc1C. The summed E-state index contributed by atoms with van der Waals surface area (Å²) >= 11 is 4.89. The van der Waals surface area contributed by atoms with Crippen LogP contribution in [-0.2, 0) is 13.0 Å². The van der Waals surface area contributed by atoms with Gasteiger partial charge in [0.2, 0.25) is 0 Å². The highest BCUT2D eigenvalue weighted by Gasteiger charge is 2.00. The largest absolute Gasteiger partial charge is 0.489 e. The van der Waals surface area contributed by atoms with Crippen molar-refractivity contribution >= 4 is 17.2 Å². The molecule has 0 aliphatic carbocycles. The molecule has 0 bridgehead atoms. The van der Waals surface area contributed by atoms with Crippen molar-refractivity contribution in [2.45, 2.75) is 26.9 Å². The molecule has 104 valence electrons. The van der Waals surface area contributed by atoms with Gasteiger partial charge in [0.15, 0.2) is 0 Å². The molecular formula is C17H19NOS. The summed E-state index contributed by atoms with van der Waals surface area (Å²) in [4.78, 5) is 0.508. The molecule has 2 nitrogen and oxygen atoms in total.